The van der Waals surface area contributed by atoms with E-state index in [0.29, 0.717) is 0 Å². The van der Waals surface area contributed by atoms with Gasteiger partial charge in [0.05, 0.1) is 5.69 Å². The van der Waals surface area contributed by atoms with Gasteiger partial charge in [0.25, 0.3) is 0 Å². The molecule has 0 amide bonds. The predicted octanol–water partition coefficient (Wildman–Crippen LogP) is 8.60. The standard InChI is InChI=1S/C31H17NO/c1-2-10-20-19(9-1)27(25-14-6-12-23-18-8-3-4-16-26(18)33-31(23)25)24-13-5-11-21-22-15-7-17-32-30(22)29(20)28(21)24/h1-17H. The molecule has 0 unspecified atom stereocenters. The first-order valence-electron chi connectivity index (χ1n) is 11.2. The van der Waals surface area contributed by atoms with Crippen LogP contribution in [0.4, 0.5) is 0 Å². The van der Waals surface area contributed by atoms with Crippen molar-refractivity contribution >= 4 is 43.5 Å². The maximum Gasteiger partial charge on any atom is 0.143 e. The minimum atomic E-state index is 0.923. The molecule has 0 radical (unpaired) electrons. The summed E-state index contributed by atoms with van der Waals surface area (Å²) in [7, 11) is 0. The number of fused-ring (bicyclic) bond motifs is 8. The lowest BCUT2D eigenvalue weighted by Gasteiger charge is -2.15. The lowest BCUT2D eigenvalue weighted by atomic mass is 9.88. The molecule has 2 heteroatoms. The normalized spacial score (nSPS) is 12.2. The number of benzene rings is 5. The molecule has 0 bridgehead atoms. The largest absolute Gasteiger partial charge is 0.455 e. The average molecular weight is 419 g/mol. The number of aromatic nitrogens is 1. The minimum Gasteiger partial charge on any atom is -0.455 e. The van der Waals surface area contributed by atoms with E-state index in [0.717, 1.165) is 33.2 Å². The van der Waals surface area contributed by atoms with Crippen LogP contribution in [-0.4, -0.2) is 4.98 Å². The maximum absolute atomic E-state index is 6.46. The van der Waals surface area contributed by atoms with Crippen molar-refractivity contribution < 1.29 is 4.42 Å². The van der Waals surface area contributed by atoms with Gasteiger partial charge in [-0.25, -0.2) is 0 Å². The van der Waals surface area contributed by atoms with Gasteiger partial charge < -0.3 is 4.42 Å². The molecule has 7 aromatic rings. The molecule has 1 aliphatic carbocycles. The predicted molar refractivity (Wildman–Crippen MR) is 136 cm³/mol. The van der Waals surface area contributed by atoms with Crippen LogP contribution in [0, 0.1) is 0 Å². The molecule has 0 atom stereocenters. The molecule has 0 N–H and O–H groups in total. The van der Waals surface area contributed by atoms with Crippen molar-refractivity contribution in [2.75, 3.05) is 0 Å². The molecule has 0 aliphatic heterocycles. The molecule has 1 aliphatic rings. The van der Waals surface area contributed by atoms with Crippen molar-refractivity contribution in [2.45, 2.75) is 0 Å². The topological polar surface area (TPSA) is 26.0 Å². The molecule has 0 saturated carbocycles. The second-order valence-electron chi connectivity index (χ2n) is 8.70. The van der Waals surface area contributed by atoms with Gasteiger partial charge in [-0.15, -0.1) is 0 Å². The Kier molecular flexibility index (Phi) is 3.16. The first-order valence-corrected chi connectivity index (χ1v) is 11.2. The number of hydrogen-bond donors (Lipinski definition) is 0. The van der Waals surface area contributed by atoms with E-state index in [-0.39, 0.29) is 0 Å². The number of nitrogens with zero attached hydrogens (tertiary/aromatic N) is 1. The fourth-order valence-electron chi connectivity index (χ4n) is 5.76. The Labute approximate surface area is 189 Å². The molecule has 2 aromatic heterocycles. The molecule has 0 spiro atoms. The summed E-state index contributed by atoms with van der Waals surface area (Å²) in [5, 5.41) is 7.29. The molecule has 5 aromatic carbocycles. The minimum absolute atomic E-state index is 0.923. The van der Waals surface area contributed by atoms with Crippen molar-refractivity contribution in [3.05, 3.63) is 103 Å². The Bertz CT molecular complexity index is 1930. The van der Waals surface area contributed by atoms with Crippen LogP contribution in [0.1, 0.15) is 0 Å². The molecular weight excluding hydrogens is 402 g/mol. The summed E-state index contributed by atoms with van der Waals surface area (Å²) in [6, 6.07) is 34.4. The van der Waals surface area contributed by atoms with Gasteiger partial charge >= 0.3 is 0 Å². The summed E-state index contributed by atoms with van der Waals surface area (Å²) in [5.41, 5.74) is 9.01. The molecular formula is C31H17NO. The Hall–Kier alpha value is -4.43. The van der Waals surface area contributed by atoms with Gasteiger partial charge in [0.2, 0.25) is 0 Å². The zero-order valence-corrected chi connectivity index (χ0v) is 17.7. The van der Waals surface area contributed by atoms with Gasteiger partial charge in [-0.05, 0) is 33.9 Å². The van der Waals surface area contributed by atoms with Crippen LogP contribution in [0.25, 0.3) is 77.0 Å². The second-order valence-corrected chi connectivity index (χ2v) is 8.70. The van der Waals surface area contributed by atoms with Crippen molar-refractivity contribution in [3.63, 3.8) is 0 Å². The highest BCUT2D eigenvalue weighted by molar-refractivity contribution is 6.29. The van der Waals surface area contributed by atoms with Crippen molar-refractivity contribution in [1.82, 2.24) is 4.98 Å². The lowest BCUT2D eigenvalue weighted by Crippen LogP contribution is -1.89. The SMILES string of the molecule is c1cnc2c(c1)-c1cccc3c(-c4cccc5c4oc4ccccc45)c4ccccc4c-2c13. The number of para-hydroxylation sites is 2. The highest BCUT2D eigenvalue weighted by Crippen LogP contribution is 2.53. The molecule has 33 heavy (non-hydrogen) atoms. The number of rotatable bonds is 1. The smallest absolute Gasteiger partial charge is 0.143 e. The number of furan rings is 1. The fourth-order valence-corrected chi connectivity index (χ4v) is 5.76. The van der Waals surface area contributed by atoms with E-state index < -0.39 is 0 Å². The first-order chi connectivity index (χ1) is 16.4. The molecule has 2 heterocycles. The van der Waals surface area contributed by atoms with Crippen LogP contribution in [0.3, 0.4) is 0 Å². The maximum atomic E-state index is 6.46. The number of hydrogen-bond acceptors (Lipinski definition) is 2. The van der Waals surface area contributed by atoms with Gasteiger partial charge in [-0.3, -0.25) is 4.98 Å². The highest BCUT2D eigenvalue weighted by Gasteiger charge is 2.27. The van der Waals surface area contributed by atoms with Gasteiger partial charge in [0.15, 0.2) is 0 Å². The Morgan fingerprint density at radius 3 is 2.03 bits per heavy atom. The van der Waals surface area contributed by atoms with Crippen LogP contribution in [0.15, 0.2) is 108 Å². The van der Waals surface area contributed by atoms with Gasteiger partial charge in [0.1, 0.15) is 11.2 Å². The van der Waals surface area contributed by atoms with Crippen molar-refractivity contribution in [2.24, 2.45) is 0 Å². The molecule has 152 valence electrons. The summed E-state index contributed by atoms with van der Waals surface area (Å²) in [6.07, 6.45) is 1.90. The molecule has 8 rings (SSSR count). The fraction of sp³-hybridized carbons (Fsp3) is 0. The molecule has 2 nitrogen and oxygen atoms in total. The van der Waals surface area contributed by atoms with E-state index in [1.54, 1.807) is 0 Å². The third kappa shape index (κ3) is 2.10. The van der Waals surface area contributed by atoms with E-state index in [1.165, 1.54) is 43.8 Å². The highest BCUT2D eigenvalue weighted by atomic mass is 16.3. The Morgan fingerprint density at radius 1 is 0.485 bits per heavy atom. The van der Waals surface area contributed by atoms with Crippen molar-refractivity contribution in [3.8, 4) is 33.5 Å². The van der Waals surface area contributed by atoms with Crippen LogP contribution in [0.5, 0.6) is 0 Å². The summed E-state index contributed by atoms with van der Waals surface area (Å²) in [6.45, 7) is 0. The second kappa shape index (κ2) is 6.08. The van der Waals surface area contributed by atoms with Crippen LogP contribution in [-0.2, 0) is 0 Å². The zero-order chi connectivity index (χ0) is 21.5. The Morgan fingerprint density at radius 2 is 1.15 bits per heavy atom. The van der Waals surface area contributed by atoms with Crippen LogP contribution < -0.4 is 0 Å². The lowest BCUT2D eigenvalue weighted by molar-refractivity contribution is 0.670. The quantitative estimate of drug-likeness (QED) is 0.249. The van der Waals surface area contributed by atoms with Crippen LogP contribution >= 0.6 is 0 Å². The van der Waals surface area contributed by atoms with E-state index in [9.17, 15) is 0 Å². The average Bonchev–Trinajstić information content (AvgIpc) is 3.42. The molecule has 0 saturated heterocycles. The summed E-state index contributed by atoms with van der Waals surface area (Å²) in [5.74, 6) is 0. The Balaban J connectivity index is 1.62. The van der Waals surface area contributed by atoms with Crippen LogP contribution in [0.2, 0.25) is 0 Å². The van der Waals surface area contributed by atoms with E-state index in [1.807, 2.05) is 24.4 Å². The van der Waals surface area contributed by atoms with Gasteiger partial charge in [0, 0.05) is 44.6 Å². The van der Waals surface area contributed by atoms with Gasteiger partial charge in [-0.1, -0.05) is 84.9 Å². The summed E-state index contributed by atoms with van der Waals surface area (Å²) >= 11 is 0. The third-order valence-electron chi connectivity index (χ3n) is 7.06. The number of pyridine rings is 1. The molecule has 0 fully saturated rings. The summed E-state index contributed by atoms with van der Waals surface area (Å²) in [4.78, 5) is 4.81. The van der Waals surface area contributed by atoms with Crippen molar-refractivity contribution in [1.29, 1.82) is 0 Å². The third-order valence-corrected chi connectivity index (χ3v) is 7.06. The van der Waals surface area contributed by atoms with Gasteiger partial charge in [-0.2, -0.15) is 0 Å². The van der Waals surface area contributed by atoms with E-state index >= 15 is 0 Å². The monoisotopic (exact) mass is 419 g/mol. The van der Waals surface area contributed by atoms with E-state index in [2.05, 4.69) is 78.9 Å². The first kappa shape index (κ1) is 17.2. The zero-order valence-electron chi connectivity index (χ0n) is 17.7. The summed E-state index contributed by atoms with van der Waals surface area (Å²) < 4.78 is 6.46. The van der Waals surface area contributed by atoms with E-state index in [4.69, 9.17) is 9.40 Å².